The highest BCUT2D eigenvalue weighted by atomic mass is 16.6. The van der Waals surface area contributed by atoms with Gasteiger partial charge in [0.15, 0.2) is 12.4 Å². The number of hydrogen-bond donors (Lipinski definition) is 0. The molecule has 2 aromatic carbocycles. The van der Waals surface area contributed by atoms with Crippen molar-refractivity contribution in [2.24, 2.45) is 0 Å². The molecular weight excluding hydrogens is 368 g/mol. The first-order valence-electron chi connectivity index (χ1n) is 9.36. The maximum atomic E-state index is 12.6. The van der Waals surface area contributed by atoms with Crippen molar-refractivity contribution >= 4 is 17.8 Å². The lowest BCUT2D eigenvalue weighted by atomic mass is 9.86. The van der Waals surface area contributed by atoms with E-state index in [2.05, 4.69) is 39.5 Å². The maximum absolute atomic E-state index is 12.6. The van der Waals surface area contributed by atoms with Crippen molar-refractivity contribution in [1.29, 1.82) is 0 Å². The molecule has 5 heteroatoms. The molecule has 29 heavy (non-hydrogen) atoms. The number of carbonyl (C=O) groups is 2. The van der Waals surface area contributed by atoms with Crippen LogP contribution in [0.2, 0.25) is 0 Å². The molecule has 0 unspecified atom stereocenters. The molecule has 0 aromatic heterocycles. The third-order valence-corrected chi connectivity index (χ3v) is 4.43. The summed E-state index contributed by atoms with van der Waals surface area (Å²) in [6.45, 7) is 9.84. The maximum Gasteiger partial charge on any atom is 0.344 e. The average molecular weight is 392 g/mol. The first kappa shape index (κ1) is 20.4. The van der Waals surface area contributed by atoms with Crippen molar-refractivity contribution in [1.82, 2.24) is 0 Å². The summed E-state index contributed by atoms with van der Waals surface area (Å²) < 4.78 is 16.0. The zero-order chi connectivity index (χ0) is 21.0. The summed E-state index contributed by atoms with van der Waals surface area (Å²) in [5.41, 5.74) is 2.63. The van der Waals surface area contributed by atoms with E-state index in [1.807, 2.05) is 12.1 Å². The number of carbonyl (C=O) groups excluding carboxylic acids is 2. The van der Waals surface area contributed by atoms with Crippen LogP contribution in [0.4, 0.5) is 0 Å². The van der Waals surface area contributed by atoms with Crippen molar-refractivity contribution in [2.45, 2.75) is 26.2 Å². The van der Waals surface area contributed by atoms with Crippen molar-refractivity contribution in [2.75, 3.05) is 13.2 Å². The van der Waals surface area contributed by atoms with Gasteiger partial charge in [-0.3, -0.25) is 4.79 Å². The minimum absolute atomic E-state index is 0.0656. The fourth-order valence-electron chi connectivity index (χ4n) is 2.82. The van der Waals surface area contributed by atoms with Gasteiger partial charge in [-0.2, -0.15) is 0 Å². The van der Waals surface area contributed by atoms with Gasteiger partial charge in [-0.25, -0.2) is 4.79 Å². The number of fused-ring (bicyclic) bond motifs is 1. The number of allylic oxidation sites excluding steroid dienone is 1. The van der Waals surface area contributed by atoms with E-state index in [4.69, 9.17) is 14.2 Å². The standard InChI is InChI=1S/C24H24O5/c1-5-12-27-22(25)15-28-18-10-11-19-20(14-18)29-21(23(19)26)13-16-6-8-17(9-7-16)24(2,3)4/h5-11,13-14H,1,12,15H2,2-4H3. The molecule has 3 rings (SSSR count). The summed E-state index contributed by atoms with van der Waals surface area (Å²) in [4.78, 5) is 24.1. The summed E-state index contributed by atoms with van der Waals surface area (Å²) >= 11 is 0. The minimum Gasteiger partial charge on any atom is -0.482 e. The monoisotopic (exact) mass is 392 g/mol. The third-order valence-electron chi connectivity index (χ3n) is 4.43. The Balaban J connectivity index is 1.71. The van der Waals surface area contributed by atoms with Gasteiger partial charge in [0.2, 0.25) is 5.78 Å². The van der Waals surface area contributed by atoms with Crippen LogP contribution >= 0.6 is 0 Å². The van der Waals surface area contributed by atoms with Gasteiger partial charge in [0.05, 0.1) is 5.56 Å². The second kappa shape index (κ2) is 8.35. The Morgan fingerprint density at radius 3 is 2.52 bits per heavy atom. The van der Waals surface area contributed by atoms with Crippen LogP contribution in [0.3, 0.4) is 0 Å². The Kier molecular flexibility index (Phi) is 5.87. The van der Waals surface area contributed by atoms with Crippen molar-refractivity contribution in [3.05, 3.63) is 77.6 Å². The van der Waals surface area contributed by atoms with E-state index in [-0.39, 0.29) is 30.2 Å². The second-order valence-corrected chi connectivity index (χ2v) is 7.73. The molecule has 1 aliphatic rings. The van der Waals surface area contributed by atoms with Gasteiger partial charge in [0, 0.05) is 6.07 Å². The third kappa shape index (κ3) is 4.93. The fourth-order valence-corrected chi connectivity index (χ4v) is 2.82. The van der Waals surface area contributed by atoms with Gasteiger partial charge in [-0.1, -0.05) is 57.7 Å². The van der Waals surface area contributed by atoms with E-state index < -0.39 is 5.97 Å². The molecule has 0 aliphatic carbocycles. The highest BCUT2D eigenvalue weighted by Crippen LogP contribution is 2.35. The van der Waals surface area contributed by atoms with Crippen LogP contribution in [0.25, 0.3) is 6.08 Å². The van der Waals surface area contributed by atoms with E-state index in [1.54, 1.807) is 24.3 Å². The van der Waals surface area contributed by atoms with Gasteiger partial charge in [-0.15, -0.1) is 0 Å². The normalized spacial score (nSPS) is 14.3. The predicted molar refractivity (Wildman–Crippen MR) is 111 cm³/mol. The van der Waals surface area contributed by atoms with Crippen LogP contribution in [0.5, 0.6) is 11.5 Å². The van der Waals surface area contributed by atoms with E-state index in [1.165, 1.54) is 11.6 Å². The van der Waals surface area contributed by atoms with Crippen molar-refractivity contribution in [3.8, 4) is 11.5 Å². The number of ether oxygens (including phenoxy) is 3. The Morgan fingerprint density at radius 2 is 1.86 bits per heavy atom. The van der Waals surface area contributed by atoms with Crippen LogP contribution in [0, 0.1) is 0 Å². The number of rotatable bonds is 6. The molecule has 0 amide bonds. The van der Waals surface area contributed by atoms with E-state index in [0.29, 0.717) is 17.1 Å². The molecule has 1 aliphatic heterocycles. The van der Waals surface area contributed by atoms with E-state index in [0.717, 1.165) is 5.56 Å². The summed E-state index contributed by atoms with van der Waals surface area (Å²) in [7, 11) is 0. The first-order chi connectivity index (χ1) is 13.8. The lowest BCUT2D eigenvalue weighted by Gasteiger charge is -2.18. The molecule has 2 aromatic rings. The highest BCUT2D eigenvalue weighted by molar-refractivity contribution is 6.14. The molecule has 0 bridgehead atoms. The molecule has 0 saturated carbocycles. The quantitative estimate of drug-likeness (QED) is 0.405. The molecule has 0 spiro atoms. The second-order valence-electron chi connectivity index (χ2n) is 7.73. The molecule has 150 valence electrons. The summed E-state index contributed by atoms with van der Waals surface area (Å²) in [5, 5.41) is 0. The smallest absolute Gasteiger partial charge is 0.344 e. The largest absolute Gasteiger partial charge is 0.482 e. The van der Waals surface area contributed by atoms with E-state index >= 15 is 0 Å². The first-order valence-corrected chi connectivity index (χ1v) is 9.36. The Bertz CT molecular complexity index is 962. The van der Waals surface area contributed by atoms with Gasteiger partial charge in [-0.05, 0) is 34.8 Å². The number of esters is 1. The molecular formula is C24H24O5. The van der Waals surface area contributed by atoms with Crippen molar-refractivity contribution in [3.63, 3.8) is 0 Å². The number of Topliss-reactive ketones (excluding diaryl/α,β-unsaturated/α-hetero) is 1. The SMILES string of the molecule is C=CCOC(=O)COc1ccc2c(c1)OC(=Cc1ccc(C(C)(C)C)cc1)C2=O. The van der Waals surface area contributed by atoms with Crippen LogP contribution in [0.1, 0.15) is 42.3 Å². The Hall–Kier alpha value is -3.34. The topological polar surface area (TPSA) is 61.8 Å². The lowest BCUT2D eigenvalue weighted by molar-refractivity contribution is -0.144. The van der Waals surface area contributed by atoms with Crippen LogP contribution in [-0.2, 0) is 14.9 Å². The minimum atomic E-state index is -0.498. The summed E-state index contributed by atoms with van der Waals surface area (Å²) in [6.07, 6.45) is 3.21. The van der Waals surface area contributed by atoms with Gasteiger partial charge >= 0.3 is 5.97 Å². The molecule has 0 fully saturated rings. The van der Waals surface area contributed by atoms with Gasteiger partial charge in [0.1, 0.15) is 18.1 Å². The van der Waals surface area contributed by atoms with Crippen LogP contribution < -0.4 is 9.47 Å². The molecule has 5 nitrogen and oxygen atoms in total. The summed E-state index contributed by atoms with van der Waals surface area (Å²) in [6, 6.07) is 12.9. The lowest BCUT2D eigenvalue weighted by Crippen LogP contribution is -2.14. The van der Waals surface area contributed by atoms with Gasteiger partial charge < -0.3 is 14.2 Å². The molecule has 1 heterocycles. The number of ketones is 1. The number of hydrogen-bond acceptors (Lipinski definition) is 5. The molecule has 0 saturated heterocycles. The van der Waals surface area contributed by atoms with Crippen LogP contribution in [-0.4, -0.2) is 25.0 Å². The van der Waals surface area contributed by atoms with E-state index in [9.17, 15) is 9.59 Å². The van der Waals surface area contributed by atoms with Crippen molar-refractivity contribution < 1.29 is 23.8 Å². The highest BCUT2D eigenvalue weighted by Gasteiger charge is 2.28. The van der Waals surface area contributed by atoms with Gasteiger partial charge in [0.25, 0.3) is 0 Å². The molecule has 0 N–H and O–H groups in total. The molecule has 0 radical (unpaired) electrons. The molecule has 0 atom stereocenters. The predicted octanol–water partition coefficient (Wildman–Crippen LogP) is 4.71. The Labute approximate surface area is 170 Å². The van der Waals surface area contributed by atoms with Crippen LogP contribution in [0.15, 0.2) is 60.9 Å². The zero-order valence-corrected chi connectivity index (χ0v) is 16.9. The summed E-state index contributed by atoms with van der Waals surface area (Å²) in [5.74, 6) is 0.400. The fraction of sp³-hybridized carbons (Fsp3) is 0.250. The average Bonchev–Trinajstić information content (AvgIpc) is 2.99. The Morgan fingerprint density at radius 1 is 1.14 bits per heavy atom. The zero-order valence-electron chi connectivity index (χ0n) is 16.9. The number of benzene rings is 2.